The summed E-state index contributed by atoms with van der Waals surface area (Å²) in [7, 11) is 3.51. The Balaban J connectivity index is 1.81. The van der Waals surface area contributed by atoms with E-state index in [1.807, 2.05) is 25.2 Å². The molecule has 0 saturated carbocycles. The quantitative estimate of drug-likeness (QED) is 0.624. The van der Waals surface area contributed by atoms with Crippen molar-refractivity contribution in [1.29, 1.82) is 0 Å². The van der Waals surface area contributed by atoms with Crippen molar-refractivity contribution in [1.82, 2.24) is 15.5 Å². The zero-order chi connectivity index (χ0) is 16.5. The molecule has 1 aliphatic heterocycles. The Hall–Kier alpha value is -1.75. The Morgan fingerprint density at radius 2 is 2.22 bits per heavy atom. The van der Waals surface area contributed by atoms with Gasteiger partial charge >= 0.3 is 0 Å². The van der Waals surface area contributed by atoms with Gasteiger partial charge in [-0.1, -0.05) is 25.5 Å². The molecule has 1 heterocycles. The summed E-state index contributed by atoms with van der Waals surface area (Å²) in [5.74, 6) is 1.74. The number of rotatable bonds is 6. The first kappa shape index (κ1) is 17.6. The molecule has 128 valence electrons. The Labute approximate surface area is 140 Å². The number of aliphatic imine (C=N–C) groups is 1. The maximum absolute atomic E-state index is 5.26. The summed E-state index contributed by atoms with van der Waals surface area (Å²) in [6, 6.07) is 8.71. The van der Waals surface area contributed by atoms with E-state index in [1.165, 1.54) is 31.4 Å². The largest absolute Gasteiger partial charge is 0.497 e. The van der Waals surface area contributed by atoms with E-state index in [0.29, 0.717) is 6.04 Å². The van der Waals surface area contributed by atoms with E-state index in [9.17, 15) is 0 Å². The molecule has 1 unspecified atom stereocenters. The van der Waals surface area contributed by atoms with Crippen molar-refractivity contribution in [3.63, 3.8) is 0 Å². The van der Waals surface area contributed by atoms with Gasteiger partial charge in [-0.2, -0.15) is 0 Å². The minimum absolute atomic E-state index is 0.615. The number of guanidine groups is 1. The first-order valence-corrected chi connectivity index (χ1v) is 8.58. The van der Waals surface area contributed by atoms with E-state index in [-0.39, 0.29) is 0 Å². The fraction of sp³-hybridized carbons (Fsp3) is 0.611. The monoisotopic (exact) mass is 318 g/mol. The second-order valence-electron chi connectivity index (χ2n) is 5.94. The van der Waals surface area contributed by atoms with Crippen LogP contribution in [0.15, 0.2) is 29.3 Å². The lowest BCUT2D eigenvalue weighted by atomic mass is 10.0. The van der Waals surface area contributed by atoms with Crippen LogP contribution in [0.2, 0.25) is 0 Å². The minimum Gasteiger partial charge on any atom is -0.497 e. The van der Waals surface area contributed by atoms with Crippen LogP contribution in [-0.4, -0.2) is 50.7 Å². The van der Waals surface area contributed by atoms with Gasteiger partial charge in [-0.15, -0.1) is 0 Å². The van der Waals surface area contributed by atoms with Gasteiger partial charge in [-0.3, -0.25) is 9.89 Å². The van der Waals surface area contributed by atoms with Crippen LogP contribution in [0, 0.1) is 0 Å². The van der Waals surface area contributed by atoms with Crippen LogP contribution < -0.4 is 15.4 Å². The molecule has 1 aliphatic rings. The maximum Gasteiger partial charge on any atom is 0.191 e. The summed E-state index contributed by atoms with van der Waals surface area (Å²) in [6.07, 6.45) is 3.93. The summed E-state index contributed by atoms with van der Waals surface area (Å²) in [5.41, 5.74) is 1.18. The minimum atomic E-state index is 0.615. The molecule has 2 N–H and O–H groups in total. The molecule has 5 nitrogen and oxygen atoms in total. The number of likely N-dealkylation sites (tertiary alicyclic amines) is 1. The molecule has 0 aliphatic carbocycles. The summed E-state index contributed by atoms with van der Waals surface area (Å²) < 4.78 is 5.26. The predicted molar refractivity (Wildman–Crippen MR) is 96.1 cm³/mol. The van der Waals surface area contributed by atoms with Crippen molar-refractivity contribution in [3.05, 3.63) is 29.8 Å². The van der Waals surface area contributed by atoms with Gasteiger partial charge in [0.1, 0.15) is 5.75 Å². The first-order chi connectivity index (χ1) is 11.3. The highest BCUT2D eigenvalue weighted by Crippen LogP contribution is 2.15. The molecule has 5 heteroatoms. The molecule has 0 bridgehead atoms. The van der Waals surface area contributed by atoms with E-state index in [2.05, 4.69) is 33.5 Å². The molecule has 23 heavy (non-hydrogen) atoms. The van der Waals surface area contributed by atoms with Gasteiger partial charge in [0.05, 0.1) is 7.11 Å². The molecule has 0 aromatic heterocycles. The highest BCUT2D eigenvalue weighted by atomic mass is 16.5. The van der Waals surface area contributed by atoms with Gasteiger partial charge in [0.25, 0.3) is 0 Å². The summed E-state index contributed by atoms with van der Waals surface area (Å²) >= 11 is 0. The number of nitrogens with one attached hydrogen (secondary N) is 2. The molecular formula is C18H30N4O. The van der Waals surface area contributed by atoms with Crippen LogP contribution >= 0.6 is 0 Å². The first-order valence-electron chi connectivity index (χ1n) is 8.58. The van der Waals surface area contributed by atoms with Gasteiger partial charge in [0.15, 0.2) is 5.96 Å². The molecule has 0 radical (unpaired) electrons. The van der Waals surface area contributed by atoms with Crippen molar-refractivity contribution in [2.75, 3.05) is 33.8 Å². The molecule has 1 atom stereocenters. The highest BCUT2D eigenvalue weighted by Gasteiger charge is 2.20. The fourth-order valence-electron chi connectivity index (χ4n) is 3.11. The number of hydrogen-bond donors (Lipinski definition) is 2. The lowest BCUT2D eigenvalue weighted by Gasteiger charge is -2.35. The molecule has 0 spiro atoms. The van der Waals surface area contributed by atoms with Crippen LogP contribution in [0.3, 0.4) is 0 Å². The van der Waals surface area contributed by atoms with Crippen molar-refractivity contribution >= 4 is 5.96 Å². The lowest BCUT2D eigenvalue weighted by Crippen LogP contribution is -2.48. The second kappa shape index (κ2) is 9.40. The van der Waals surface area contributed by atoms with Crippen LogP contribution in [-0.2, 0) is 6.54 Å². The Kier molecular flexibility index (Phi) is 7.20. The summed E-state index contributed by atoms with van der Waals surface area (Å²) in [6.45, 7) is 6.28. The molecule has 0 amide bonds. The molecular weight excluding hydrogens is 288 g/mol. The van der Waals surface area contributed by atoms with Crippen LogP contribution in [0.25, 0.3) is 0 Å². The van der Waals surface area contributed by atoms with Crippen molar-refractivity contribution in [2.24, 2.45) is 4.99 Å². The zero-order valence-corrected chi connectivity index (χ0v) is 14.6. The number of hydrogen-bond acceptors (Lipinski definition) is 3. The Morgan fingerprint density at radius 3 is 2.96 bits per heavy atom. The molecule has 1 aromatic rings. The number of methoxy groups -OCH3 is 1. The van der Waals surface area contributed by atoms with Crippen LogP contribution in [0.4, 0.5) is 0 Å². The number of benzene rings is 1. The van der Waals surface area contributed by atoms with E-state index in [1.54, 1.807) is 7.11 Å². The van der Waals surface area contributed by atoms with E-state index in [0.717, 1.165) is 31.3 Å². The third kappa shape index (κ3) is 5.43. The lowest BCUT2D eigenvalue weighted by molar-refractivity contribution is 0.157. The van der Waals surface area contributed by atoms with Crippen molar-refractivity contribution in [3.8, 4) is 5.75 Å². The Morgan fingerprint density at radius 1 is 1.35 bits per heavy atom. The second-order valence-corrected chi connectivity index (χ2v) is 5.94. The fourth-order valence-corrected chi connectivity index (χ4v) is 3.11. The standard InChI is InChI=1S/C18H30N4O/c1-4-22-11-6-5-9-16(22)14-21-18(19-2)20-13-15-8-7-10-17(12-15)23-3/h7-8,10,12,16H,4-6,9,11,13-14H2,1-3H3,(H2,19,20,21). The molecule has 2 rings (SSSR count). The normalized spacial score (nSPS) is 19.4. The van der Waals surface area contributed by atoms with Crippen molar-refractivity contribution < 1.29 is 4.74 Å². The van der Waals surface area contributed by atoms with Gasteiger partial charge in [-0.25, -0.2) is 0 Å². The number of nitrogens with zero attached hydrogens (tertiary/aromatic N) is 2. The van der Waals surface area contributed by atoms with Crippen LogP contribution in [0.5, 0.6) is 5.75 Å². The van der Waals surface area contributed by atoms with Gasteiger partial charge < -0.3 is 15.4 Å². The zero-order valence-electron chi connectivity index (χ0n) is 14.6. The Bertz CT molecular complexity index is 504. The van der Waals surface area contributed by atoms with E-state index < -0.39 is 0 Å². The number of ether oxygens (including phenoxy) is 1. The number of likely N-dealkylation sites (N-methyl/N-ethyl adjacent to an activating group) is 1. The topological polar surface area (TPSA) is 48.9 Å². The number of piperidine rings is 1. The predicted octanol–water partition coefficient (Wildman–Crippen LogP) is 2.23. The molecule has 1 aromatic carbocycles. The van der Waals surface area contributed by atoms with Gasteiger partial charge in [0.2, 0.25) is 0 Å². The average molecular weight is 318 g/mol. The van der Waals surface area contributed by atoms with E-state index >= 15 is 0 Å². The third-order valence-corrected chi connectivity index (χ3v) is 4.48. The SMILES string of the molecule is CCN1CCCCC1CNC(=NC)NCc1cccc(OC)c1. The summed E-state index contributed by atoms with van der Waals surface area (Å²) in [5, 5.41) is 6.84. The maximum atomic E-state index is 5.26. The van der Waals surface area contributed by atoms with Gasteiger partial charge in [-0.05, 0) is 43.6 Å². The molecule has 1 saturated heterocycles. The molecule has 1 fully saturated rings. The third-order valence-electron chi connectivity index (χ3n) is 4.48. The van der Waals surface area contributed by atoms with Gasteiger partial charge in [0, 0.05) is 26.2 Å². The smallest absolute Gasteiger partial charge is 0.191 e. The highest BCUT2D eigenvalue weighted by molar-refractivity contribution is 5.79. The summed E-state index contributed by atoms with van der Waals surface area (Å²) in [4.78, 5) is 6.89. The van der Waals surface area contributed by atoms with Crippen molar-refractivity contribution in [2.45, 2.75) is 38.8 Å². The van der Waals surface area contributed by atoms with E-state index in [4.69, 9.17) is 4.74 Å². The van der Waals surface area contributed by atoms with Crippen LogP contribution in [0.1, 0.15) is 31.7 Å². The average Bonchev–Trinajstić information content (AvgIpc) is 2.62.